The van der Waals surface area contributed by atoms with Crippen molar-refractivity contribution >= 4 is 0 Å². The number of hydrogen-bond donors (Lipinski definition) is 2. The molecule has 2 atom stereocenters. The molecule has 0 radical (unpaired) electrons. The zero-order valence-electron chi connectivity index (χ0n) is 14.4. The lowest BCUT2D eigenvalue weighted by molar-refractivity contribution is 0.000935. The van der Waals surface area contributed by atoms with Crippen molar-refractivity contribution in [2.24, 2.45) is 5.92 Å². The highest BCUT2D eigenvalue weighted by Gasteiger charge is 2.37. The molecule has 126 valence electrons. The molecule has 1 saturated heterocycles. The van der Waals surface area contributed by atoms with Gasteiger partial charge in [0.1, 0.15) is 0 Å². The van der Waals surface area contributed by atoms with E-state index in [9.17, 15) is 10.2 Å². The summed E-state index contributed by atoms with van der Waals surface area (Å²) < 4.78 is 1.97. The van der Waals surface area contributed by atoms with Crippen LogP contribution in [0.3, 0.4) is 0 Å². The molecule has 0 aromatic carbocycles. The molecule has 0 aliphatic carbocycles. The van der Waals surface area contributed by atoms with Gasteiger partial charge in [0.2, 0.25) is 0 Å². The van der Waals surface area contributed by atoms with Gasteiger partial charge in [-0.05, 0) is 32.3 Å². The highest BCUT2D eigenvalue weighted by molar-refractivity contribution is 5.16. The largest absolute Gasteiger partial charge is 0.396 e. The molecule has 0 spiro atoms. The van der Waals surface area contributed by atoms with Crippen molar-refractivity contribution in [3.63, 3.8) is 0 Å². The molecule has 1 fully saturated rings. The van der Waals surface area contributed by atoms with Crippen LogP contribution in [0.25, 0.3) is 0 Å². The van der Waals surface area contributed by atoms with Crippen LogP contribution in [0.4, 0.5) is 0 Å². The lowest BCUT2D eigenvalue weighted by Crippen LogP contribution is -2.41. The second-order valence-corrected chi connectivity index (χ2v) is 7.02. The summed E-state index contributed by atoms with van der Waals surface area (Å²) in [4.78, 5) is 2.30. The zero-order chi connectivity index (χ0) is 16.3. The van der Waals surface area contributed by atoms with Crippen LogP contribution < -0.4 is 0 Å². The summed E-state index contributed by atoms with van der Waals surface area (Å²) in [5.41, 5.74) is 0.587. The maximum Gasteiger partial charge on any atom is 0.0768 e. The predicted molar refractivity (Wildman–Crippen MR) is 87.9 cm³/mol. The Morgan fingerprint density at radius 3 is 2.50 bits per heavy atom. The highest BCUT2D eigenvalue weighted by atomic mass is 16.3. The Morgan fingerprint density at radius 1 is 1.32 bits per heavy atom. The van der Waals surface area contributed by atoms with Crippen LogP contribution in [0.1, 0.15) is 58.1 Å². The molecule has 5 nitrogen and oxygen atoms in total. The van der Waals surface area contributed by atoms with Crippen molar-refractivity contribution in [2.45, 2.75) is 58.1 Å². The lowest BCUT2D eigenvalue weighted by Gasteiger charge is -2.30. The van der Waals surface area contributed by atoms with Crippen LogP contribution in [0.15, 0.2) is 12.4 Å². The first-order chi connectivity index (χ1) is 10.4. The SMILES string of the molecule is CCC(O)(CC)CN1C[C@@H](CO)[C@H](c2cnn(C(C)C)c2)C1. The van der Waals surface area contributed by atoms with E-state index in [4.69, 9.17) is 0 Å². The lowest BCUT2D eigenvalue weighted by atomic mass is 9.92. The zero-order valence-corrected chi connectivity index (χ0v) is 14.4. The first kappa shape index (κ1) is 17.4. The first-order valence-electron chi connectivity index (χ1n) is 8.52. The molecule has 0 saturated carbocycles. The second kappa shape index (κ2) is 7.11. The van der Waals surface area contributed by atoms with Gasteiger partial charge < -0.3 is 10.2 Å². The average Bonchev–Trinajstić information content (AvgIpc) is 3.13. The molecule has 2 heterocycles. The standard InChI is InChI=1S/C17H31N3O2/c1-5-17(22,6-2)12-19-8-15(11-21)16(10-19)14-7-18-20(9-14)13(3)4/h7,9,13,15-16,21-22H,5-6,8,10-12H2,1-4H3/t15-,16-/m0/s1. The molecule has 1 aromatic heterocycles. The van der Waals surface area contributed by atoms with E-state index in [-0.39, 0.29) is 12.5 Å². The first-order valence-corrected chi connectivity index (χ1v) is 8.52. The second-order valence-electron chi connectivity index (χ2n) is 7.02. The fraction of sp³-hybridized carbons (Fsp3) is 0.824. The van der Waals surface area contributed by atoms with Gasteiger partial charge >= 0.3 is 0 Å². The number of likely N-dealkylation sites (tertiary alicyclic amines) is 1. The molecule has 1 aliphatic rings. The third-order valence-electron chi connectivity index (χ3n) is 5.16. The maximum absolute atomic E-state index is 10.6. The molecule has 22 heavy (non-hydrogen) atoms. The van der Waals surface area contributed by atoms with E-state index in [1.165, 1.54) is 5.56 Å². The number of rotatable bonds is 7. The van der Waals surface area contributed by atoms with Gasteiger partial charge in [0.25, 0.3) is 0 Å². The minimum atomic E-state index is -0.614. The fourth-order valence-corrected chi connectivity index (χ4v) is 3.37. The van der Waals surface area contributed by atoms with E-state index < -0.39 is 5.60 Å². The summed E-state index contributed by atoms with van der Waals surface area (Å²) in [5, 5.41) is 24.7. The van der Waals surface area contributed by atoms with Gasteiger partial charge in [-0.1, -0.05) is 13.8 Å². The third kappa shape index (κ3) is 3.70. The minimum absolute atomic E-state index is 0.185. The van der Waals surface area contributed by atoms with Crippen molar-refractivity contribution in [2.75, 3.05) is 26.2 Å². The molecule has 2 N–H and O–H groups in total. The normalized spacial score (nSPS) is 23.6. The molecule has 0 bridgehead atoms. The summed E-state index contributed by atoms with van der Waals surface area (Å²) >= 11 is 0. The summed E-state index contributed by atoms with van der Waals surface area (Å²) in [6.07, 6.45) is 5.56. The van der Waals surface area contributed by atoms with E-state index in [1.807, 2.05) is 24.7 Å². The van der Waals surface area contributed by atoms with E-state index in [1.54, 1.807) is 0 Å². The van der Waals surface area contributed by atoms with Crippen molar-refractivity contribution in [1.29, 1.82) is 0 Å². The number of nitrogens with zero attached hydrogens (tertiary/aromatic N) is 3. The quantitative estimate of drug-likeness (QED) is 0.809. The van der Waals surface area contributed by atoms with Crippen LogP contribution in [-0.2, 0) is 0 Å². The molecule has 1 aliphatic heterocycles. The topological polar surface area (TPSA) is 61.5 Å². The minimum Gasteiger partial charge on any atom is -0.396 e. The number of aromatic nitrogens is 2. The van der Waals surface area contributed by atoms with Gasteiger partial charge in [-0.15, -0.1) is 0 Å². The van der Waals surface area contributed by atoms with Gasteiger partial charge in [-0.2, -0.15) is 5.10 Å². The Hall–Kier alpha value is -0.910. The van der Waals surface area contributed by atoms with Crippen LogP contribution in [0, 0.1) is 5.92 Å². The number of hydrogen-bond acceptors (Lipinski definition) is 4. The Morgan fingerprint density at radius 2 is 2.00 bits per heavy atom. The molecule has 5 heteroatoms. The smallest absolute Gasteiger partial charge is 0.0768 e. The van der Waals surface area contributed by atoms with Gasteiger partial charge in [0.05, 0.1) is 11.8 Å². The summed E-state index contributed by atoms with van der Waals surface area (Å²) in [6.45, 7) is 10.9. The van der Waals surface area contributed by atoms with Crippen LogP contribution in [-0.4, -0.2) is 56.7 Å². The Bertz CT molecular complexity index is 468. The Balaban J connectivity index is 2.08. The van der Waals surface area contributed by atoms with Crippen molar-refractivity contribution in [3.8, 4) is 0 Å². The number of β-amino-alcohol motifs (C(OH)–C–C–N with tert-alkyl or cyclic N) is 1. The molecule has 2 rings (SSSR count). The van der Waals surface area contributed by atoms with Gasteiger partial charge in [-0.3, -0.25) is 9.58 Å². The Kier molecular flexibility index (Phi) is 5.64. The van der Waals surface area contributed by atoms with E-state index >= 15 is 0 Å². The van der Waals surface area contributed by atoms with Gasteiger partial charge in [0.15, 0.2) is 0 Å². The predicted octanol–water partition coefficient (Wildman–Crippen LogP) is 2.02. The maximum atomic E-state index is 10.6. The molecule has 0 amide bonds. The molecule has 1 aromatic rings. The van der Waals surface area contributed by atoms with E-state index in [0.717, 1.165) is 25.9 Å². The molecular weight excluding hydrogens is 278 g/mol. The van der Waals surface area contributed by atoms with Crippen LogP contribution >= 0.6 is 0 Å². The van der Waals surface area contributed by atoms with Crippen LogP contribution in [0.2, 0.25) is 0 Å². The van der Waals surface area contributed by atoms with E-state index in [0.29, 0.717) is 18.5 Å². The van der Waals surface area contributed by atoms with Crippen molar-refractivity contribution in [3.05, 3.63) is 18.0 Å². The number of aliphatic hydroxyl groups excluding tert-OH is 1. The number of aliphatic hydroxyl groups is 2. The third-order valence-corrected chi connectivity index (χ3v) is 5.16. The van der Waals surface area contributed by atoms with Crippen molar-refractivity contribution in [1.82, 2.24) is 14.7 Å². The van der Waals surface area contributed by atoms with Crippen molar-refractivity contribution < 1.29 is 10.2 Å². The monoisotopic (exact) mass is 309 g/mol. The highest BCUT2D eigenvalue weighted by Crippen LogP contribution is 2.34. The average molecular weight is 309 g/mol. The summed E-state index contributed by atoms with van der Waals surface area (Å²) in [5.74, 6) is 0.526. The summed E-state index contributed by atoms with van der Waals surface area (Å²) in [6, 6.07) is 0.351. The summed E-state index contributed by atoms with van der Waals surface area (Å²) in [7, 11) is 0. The Labute approximate surface area is 133 Å². The molecule has 0 unspecified atom stereocenters. The van der Waals surface area contributed by atoms with Gasteiger partial charge in [0, 0.05) is 50.3 Å². The van der Waals surface area contributed by atoms with Gasteiger partial charge in [-0.25, -0.2) is 0 Å². The molecular formula is C17H31N3O2. The van der Waals surface area contributed by atoms with E-state index in [2.05, 4.69) is 30.0 Å². The fourth-order valence-electron chi connectivity index (χ4n) is 3.37. The van der Waals surface area contributed by atoms with Crippen LogP contribution in [0.5, 0.6) is 0 Å².